The van der Waals surface area contributed by atoms with Crippen molar-refractivity contribution in [3.8, 4) is 0 Å². The van der Waals surface area contributed by atoms with Gasteiger partial charge in [0.15, 0.2) is 5.69 Å². The highest BCUT2D eigenvalue weighted by Crippen LogP contribution is 2.38. The van der Waals surface area contributed by atoms with Crippen molar-refractivity contribution in [2.45, 2.75) is 18.8 Å². The third-order valence-corrected chi connectivity index (χ3v) is 3.03. The Bertz CT molecular complexity index is 599. The van der Waals surface area contributed by atoms with Gasteiger partial charge in [0, 0.05) is 11.6 Å². The van der Waals surface area contributed by atoms with Crippen molar-refractivity contribution in [1.82, 2.24) is 15.6 Å². The number of nitrogens with zero attached hydrogens (tertiary/aromatic N) is 2. The Morgan fingerprint density at radius 2 is 2.16 bits per heavy atom. The number of hydrazone groups is 1. The van der Waals surface area contributed by atoms with Gasteiger partial charge in [0.05, 0.1) is 6.21 Å². The fourth-order valence-electron chi connectivity index (χ4n) is 1.82. The van der Waals surface area contributed by atoms with E-state index in [1.165, 1.54) is 12.8 Å². The lowest BCUT2D eigenvalue weighted by atomic mass is 10.2. The van der Waals surface area contributed by atoms with Gasteiger partial charge >= 0.3 is 0 Å². The van der Waals surface area contributed by atoms with Crippen LogP contribution in [0, 0.1) is 0 Å². The van der Waals surface area contributed by atoms with E-state index in [1.54, 1.807) is 12.3 Å². The normalized spacial score (nSPS) is 14.7. The summed E-state index contributed by atoms with van der Waals surface area (Å²) in [4.78, 5) is 11.8. The number of carbonyl (C=O) groups excluding carboxylic acids is 1. The minimum atomic E-state index is -0.296. The van der Waals surface area contributed by atoms with Gasteiger partial charge in [-0.3, -0.25) is 9.89 Å². The van der Waals surface area contributed by atoms with Crippen LogP contribution in [0.25, 0.3) is 0 Å². The molecule has 0 unspecified atom stereocenters. The van der Waals surface area contributed by atoms with Crippen molar-refractivity contribution in [1.29, 1.82) is 0 Å². The molecule has 19 heavy (non-hydrogen) atoms. The SMILES string of the molecule is O=C(N/N=C/c1ccccc1)c1cc(C2CC2)[nH]n1. The number of nitrogens with one attached hydrogen (secondary N) is 2. The van der Waals surface area contributed by atoms with E-state index in [1.807, 2.05) is 30.3 Å². The summed E-state index contributed by atoms with van der Waals surface area (Å²) < 4.78 is 0. The second-order valence-corrected chi connectivity index (χ2v) is 4.59. The molecule has 5 heteroatoms. The van der Waals surface area contributed by atoms with Crippen LogP contribution in [0.3, 0.4) is 0 Å². The zero-order valence-electron chi connectivity index (χ0n) is 10.3. The Balaban J connectivity index is 1.59. The highest BCUT2D eigenvalue weighted by molar-refractivity contribution is 5.93. The third kappa shape index (κ3) is 2.88. The van der Waals surface area contributed by atoms with E-state index in [0.717, 1.165) is 11.3 Å². The molecule has 1 aromatic carbocycles. The number of H-pyrrole nitrogens is 1. The molecule has 0 saturated heterocycles. The first kappa shape index (κ1) is 11.6. The minimum absolute atomic E-state index is 0.296. The minimum Gasteiger partial charge on any atom is -0.281 e. The van der Waals surface area contributed by atoms with Crippen molar-refractivity contribution in [2.75, 3.05) is 0 Å². The van der Waals surface area contributed by atoms with Crippen LogP contribution in [0.15, 0.2) is 41.5 Å². The monoisotopic (exact) mass is 254 g/mol. The molecule has 0 spiro atoms. The predicted molar refractivity (Wildman–Crippen MR) is 72.1 cm³/mol. The molecule has 1 aromatic heterocycles. The fourth-order valence-corrected chi connectivity index (χ4v) is 1.82. The molecule has 1 aliphatic carbocycles. The third-order valence-electron chi connectivity index (χ3n) is 3.03. The Kier molecular flexibility index (Phi) is 3.10. The topological polar surface area (TPSA) is 70.1 Å². The first-order chi connectivity index (χ1) is 9.33. The van der Waals surface area contributed by atoms with Crippen LogP contribution in [0.1, 0.15) is 40.5 Å². The lowest BCUT2D eigenvalue weighted by molar-refractivity contribution is 0.0950. The van der Waals surface area contributed by atoms with E-state index in [0.29, 0.717) is 11.6 Å². The number of carbonyl (C=O) groups is 1. The molecular weight excluding hydrogens is 240 g/mol. The van der Waals surface area contributed by atoms with Gasteiger partial charge < -0.3 is 0 Å². The average Bonchev–Trinajstić information content (AvgIpc) is 3.17. The maximum atomic E-state index is 11.8. The van der Waals surface area contributed by atoms with Crippen molar-refractivity contribution in [3.63, 3.8) is 0 Å². The fraction of sp³-hybridized carbons (Fsp3) is 0.214. The van der Waals surface area contributed by atoms with Crippen LogP contribution in [0.5, 0.6) is 0 Å². The molecule has 1 amide bonds. The van der Waals surface area contributed by atoms with Gasteiger partial charge in [-0.25, -0.2) is 5.43 Å². The predicted octanol–water partition coefficient (Wildman–Crippen LogP) is 2.05. The van der Waals surface area contributed by atoms with Gasteiger partial charge in [-0.15, -0.1) is 0 Å². The summed E-state index contributed by atoms with van der Waals surface area (Å²) in [5, 5.41) is 10.8. The van der Waals surface area contributed by atoms with Crippen molar-refractivity contribution in [3.05, 3.63) is 53.3 Å². The molecule has 1 saturated carbocycles. The second kappa shape index (κ2) is 5.06. The Morgan fingerprint density at radius 1 is 1.37 bits per heavy atom. The molecular formula is C14H14N4O. The van der Waals surface area contributed by atoms with Crippen LogP contribution in [-0.2, 0) is 0 Å². The van der Waals surface area contributed by atoms with E-state index in [-0.39, 0.29) is 5.91 Å². The summed E-state index contributed by atoms with van der Waals surface area (Å²) in [6.07, 6.45) is 3.96. The molecule has 0 bridgehead atoms. The number of hydrogen-bond donors (Lipinski definition) is 2. The van der Waals surface area contributed by atoms with Gasteiger partial charge in [0.25, 0.3) is 5.91 Å². The Labute approximate surface area is 110 Å². The molecule has 0 aliphatic heterocycles. The lowest BCUT2D eigenvalue weighted by Gasteiger charge is -1.94. The van der Waals surface area contributed by atoms with E-state index in [4.69, 9.17) is 0 Å². The zero-order chi connectivity index (χ0) is 13.1. The highest BCUT2D eigenvalue weighted by atomic mass is 16.2. The molecule has 2 N–H and O–H groups in total. The van der Waals surface area contributed by atoms with Gasteiger partial charge in [-0.1, -0.05) is 30.3 Å². The Morgan fingerprint density at radius 3 is 2.89 bits per heavy atom. The number of benzene rings is 1. The molecule has 1 aliphatic rings. The number of hydrogen-bond acceptors (Lipinski definition) is 3. The largest absolute Gasteiger partial charge is 0.291 e. The smallest absolute Gasteiger partial charge is 0.281 e. The van der Waals surface area contributed by atoms with Crippen molar-refractivity contribution >= 4 is 12.1 Å². The molecule has 2 aromatic rings. The van der Waals surface area contributed by atoms with Crippen molar-refractivity contribution in [2.24, 2.45) is 5.10 Å². The summed E-state index contributed by atoms with van der Waals surface area (Å²) in [6, 6.07) is 11.4. The lowest BCUT2D eigenvalue weighted by Crippen LogP contribution is -2.17. The van der Waals surface area contributed by atoms with Crippen molar-refractivity contribution < 1.29 is 4.79 Å². The summed E-state index contributed by atoms with van der Waals surface area (Å²) >= 11 is 0. The molecule has 5 nitrogen and oxygen atoms in total. The molecule has 0 atom stereocenters. The second-order valence-electron chi connectivity index (χ2n) is 4.59. The standard InChI is InChI=1S/C14H14N4O/c19-14(13-8-12(16-17-13)11-6-7-11)18-15-9-10-4-2-1-3-5-10/h1-5,8-9,11H,6-7H2,(H,16,17)(H,18,19)/b15-9+. The summed E-state index contributed by atoms with van der Waals surface area (Å²) in [5.74, 6) is 0.261. The first-order valence-electron chi connectivity index (χ1n) is 6.27. The highest BCUT2D eigenvalue weighted by Gasteiger charge is 2.26. The Hall–Kier alpha value is -2.43. The quantitative estimate of drug-likeness (QED) is 0.647. The van der Waals surface area contributed by atoms with Gasteiger partial charge in [0.1, 0.15) is 0 Å². The molecule has 1 heterocycles. The van der Waals surface area contributed by atoms with Crippen LogP contribution < -0.4 is 5.43 Å². The van der Waals surface area contributed by atoms with Crippen LogP contribution >= 0.6 is 0 Å². The maximum Gasteiger partial charge on any atom is 0.291 e. The van der Waals surface area contributed by atoms with E-state index >= 15 is 0 Å². The van der Waals surface area contributed by atoms with E-state index in [9.17, 15) is 4.79 Å². The van der Waals surface area contributed by atoms with Gasteiger partial charge in [-0.2, -0.15) is 10.2 Å². The van der Waals surface area contributed by atoms with E-state index in [2.05, 4.69) is 20.7 Å². The molecule has 96 valence electrons. The molecule has 3 rings (SSSR count). The molecule has 1 fully saturated rings. The average molecular weight is 254 g/mol. The first-order valence-corrected chi connectivity index (χ1v) is 6.27. The van der Waals surface area contributed by atoms with Crippen LogP contribution in [0.2, 0.25) is 0 Å². The molecule has 0 radical (unpaired) electrons. The van der Waals surface area contributed by atoms with Crippen LogP contribution in [0.4, 0.5) is 0 Å². The van der Waals surface area contributed by atoms with Gasteiger partial charge in [-0.05, 0) is 24.5 Å². The maximum absolute atomic E-state index is 11.8. The number of aromatic amines is 1. The summed E-state index contributed by atoms with van der Waals surface area (Å²) in [5.41, 5.74) is 4.82. The zero-order valence-corrected chi connectivity index (χ0v) is 10.3. The van der Waals surface area contributed by atoms with Gasteiger partial charge in [0.2, 0.25) is 0 Å². The summed E-state index contributed by atoms with van der Waals surface area (Å²) in [6.45, 7) is 0. The van der Waals surface area contributed by atoms with E-state index < -0.39 is 0 Å². The van der Waals surface area contributed by atoms with Crippen LogP contribution in [-0.4, -0.2) is 22.3 Å². The number of amides is 1. The number of rotatable bonds is 4. The summed E-state index contributed by atoms with van der Waals surface area (Å²) in [7, 11) is 0. The number of aromatic nitrogens is 2.